The summed E-state index contributed by atoms with van der Waals surface area (Å²) in [6.45, 7) is 9.62. The zero-order valence-electron chi connectivity index (χ0n) is 13.3. The maximum Gasteiger partial charge on any atom is 0.142 e. The predicted molar refractivity (Wildman–Crippen MR) is 87.1 cm³/mol. The predicted octanol–water partition coefficient (Wildman–Crippen LogP) is 3.18. The molecule has 116 valence electrons. The third-order valence-electron chi connectivity index (χ3n) is 4.78. The van der Waals surface area contributed by atoms with E-state index in [2.05, 4.69) is 47.9 Å². The average Bonchev–Trinajstić information content (AvgIpc) is 2.59. The van der Waals surface area contributed by atoms with Crippen LogP contribution in [-0.4, -0.2) is 36.4 Å². The summed E-state index contributed by atoms with van der Waals surface area (Å²) in [7, 11) is 0. The standard InChI is InChI=1S/C18H22N2O2/c1-3-19-9-14-16(21-11-19)7-5-13-6-8-17-15(18(13)14)10-20(4-2)12-22-17/h5-8H,3-4,9-12H2,1-2H3. The molecule has 0 aromatic heterocycles. The molecule has 0 N–H and O–H groups in total. The number of hydrogen-bond acceptors (Lipinski definition) is 4. The van der Waals surface area contributed by atoms with E-state index in [4.69, 9.17) is 9.47 Å². The van der Waals surface area contributed by atoms with E-state index in [0.29, 0.717) is 13.5 Å². The van der Waals surface area contributed by atoms with Crippen LogP contribution >= 0.6 is 0 Å². The lowest BCUT2D eigenvalue weighted by molar-refractivity contribution is 0.0987. The van der Waals surface area contributed by atoms with Crippen molar-refractivity contribution in [3.8, 4) is 11.5 Å². The van der Waals surface area contributed by atoms with Crippen LogP contribution in [0, 0.1) is 0 Å². The summed E-state index contributed by atoms with van der Waals surface area (Å²) in [5.41, 5.74) is 2.62. The molecule has 2 heterocycles. The SMILES string of the molecule is CCN1COc2ccc3ccc4c(c3c2C1)CN(CC)CO4. The fraction of sp³-hybridized carbons (Fsp3) is 0.444. The zero-order chi connectivity index (χ0) is 15.1. The fourth-order valence-corrected chi connectivity index (χ4v) is 3.38. The molecule has 0 atom stereocenters. The molecule has 4 rings (SSSR count). The van der Waals surface area contributed by atoms with Gasteiger partial charge in [0.15, 0.2) is 0 Å². The van der Waals surface area contributed by atoms with Crippen LogP contribution in [0.4, 0.5) is 0 Å². The number of rotatable bonds is 2. The van der Waals surface area contributed by atoms with Gasteiger partial charge in [0.1, 0.15) is 25.0 Å². The van der Waals surface area contributed by atoms with E-state index in [9.17, 15) is 0 Å². The molecule has 0 amide bonds. The van der Waals surface area contributed by atoms with E-state index in [1.165, 1.54) is 21.9 Å². The van der Waals surface area contributed by atoms with E-state index >= 15 is 0 Å². The summed E-state index contributed by atoms with van der Waals surface area (Å²) in [5.74, 6) is 2.05. The number of benzene rings is 2. The zero-order valence-corrected chi connectivity index (χ0v) is 13.3. The highest BCUT2D eigenvalue weighted by Gasteiger charge is 2.24. The van der Waals surface area contributed by atoms with E-state index in [1.54, 1.807) is 0 Å². The van der Waals surface area contributed by atoms with Crippen molar-refractivity contribution in [2.45, 2.75) is 26.9 Å². The minimum Gasteiger partial charge on any atom is -0.478 e. The van der Waals surface area contributed by atoms with Crippen molar-refractivity contribution in [3.05, 3.63) is 35.4 Å². The average molecular weight is 298 g/mol. The van der Waals surface area contributed by atoms with Crippen molar-refractivity contribution in [1.29, 1.82) is 0 Å². The second-order valence-electron chi connectivity index (χ2n) is 6.02. The molecule has 2 aliphatic heterocycles. The van der Waals surface area contributed by atoms with E-state index in [0.717, 1.165) is 37.7 Å². The summed E-state index contributed by atoms with van der Waals surface area (Å²) < 4.78 is 11.9. The molecule has 2 aromatic carbocycles. The Morgan fingerprint density at radius 2 is 1.32 bits per heavy atom. The van der Waals surface area contributed by atoms with E-state index in [-0.39, 0.29) is 0 Å². The molecule has 0 bridgehead atoms. The molecule has 2 aliphatic rings. The minimum absolute atomic E-state index is 0.682. The highest BCUT2D eigenvalue weighted by atomic mass is 16.5. The molecule has 4 heteroatoms. The summed E-state index contributed by atoms with van der Waals surface area (Å²) >= 11 is 0. The smallest absolute Gasteiger partial charge is 0.142 e. The molecule has 0 radical (unpaired) electrons. The summed E-state index contributed by atoms with van der Waals surface area (Å²) in [6.07, 6.45) is 0. The number of fused-ring (bicyclic) bond motifs is 5. The summed E-state index contributed by atoms with van der Waals surface area (Å²) in [5, 5.41) is 2.60. The van der Waals surface area contributed by atoms with Gasteiger partial charge in [-0.25, -0.2) is 0 Å². The molecular formula is C18H22N2O2. The van der Waals surface area contributed by atoms with Gasteiger partial charge in [-0.2, -0.15) is 0 Å². The second kappa shape index (κ2) is 5.45. The molecule has 0 unspecified atom stereocenters. The van der Waals surface area contributed by atoms with Crippen molar-refractivity contribution in [1.82, 2.24) is 9.80 Å². The van der Waals surface area contributed by atoms with E-state index in [1.807, 2.05) is 0 Å². The van der Waals surface area contributed by atoms with Crippen LogP contribution in [0.5, 0.6) is 11.5 Å². The quantitative estimate of drug-likeness (QED) is 0.850. The Hall–Kier alpha value is -1.78. The molecular weight excluding hydrogens is 276 g/mol. The largest absolute Gasteiger partial charge is 0.478 e. The molecule has 2 aromatic rings. The van der Waals surface area contributed by atoms with Gasteiger partial charge in [0.25, 0.3) is 0 Å². The highest BCUT2D eigenvalue weighted by Crippen LogP contribution is 2.39. The monoisotopic (exact) mass is 298 g/mol. The second-order valence-corrected chi connectivity index (χ2v) is 6.02. The molecule has 0 fully saturated rings. The van der Waals surface area contributed by atoms with Crippen molar-refractivity contribution in [2.24, 2.45) is 0 Å². The molecule has 4 nitrogen and oxygen atoms in total. The number of ether oxygens (including phenoxy) is 2. The van der Waals surface area contributed by atoms with Crippen LogP contribution in [-0.2, 0) is 13.1 Å². The summed E-state index contributed by atoms with van der Waals surface area (Å²) in [6, 6.07) is 8.55. The van der Waals surface area contributed by atoms with Crippen LogP contribution in [0.3, 0.4) is 0 Å². The lowest BCUT2D eigenvalue weighted by Crippen LogP contribution is -2.33. The van der Waals surface area contributed by atoms with Crippen LogP contribution < -0.4 is 9.47 Å². The van der Waals surface area contributed by atoms with Gasteiger partial charge in [-0.1, -0.05) is 26.0 Å². The minimum atomic E-state index is 0.682. The van der Waals surface area contributed by atoms with Crippen LogP contribution in [0.2, 0.25) is 0 Å². The van der Waals surface area contributed by atoms with Crippen LogP contribution in [0.25, 0.3) is 10.8 Å². The molecule has 0 aliphatic carbocycles. The van der Waals surface area contributed by atoms with Gasteiger partial charge in [-0.15, -0.1) is 0 Å². The Kier molecular flexibility index (Phi) is 3.43. The maximum atomic E-state index is 5.95. The molecule has 22 heavy (non-hydrogen) atoms. The van der Waals surface area contributed by atoms with Gasteiger partial charge in [0, 0.05) is 24.2 Å². The lowest BCUT2D eigenvalue weighted by atomic mass is 9.95. The maximum absolute atomic E-state index is 5.95. The van der Waals surface area contributed by atoms with Crippen LogP contribution in [0.15, 0.2) is 24.3 Å². The molecule has 0 saturated heterocycles. The lowest BCUT2D eigenvalue weighted by Gasteiger charge is -2.32. The fourth-order valence-electron chi connectivity index (χ4n) is 3.38. The normalized spacial score (nSPS) is 18.5. The van der Waals surface area contributed by atoms with Gasteiger partial charge in [0.05, 0.1) is 0 Å². The third-order valence-corrected chi connectivity index (χ3v) is 4.78. The first-order chi connectivity index (χ1) is 10.8. The Bertz CT molecular complexity index is 657. The third kappa shape index (κ3) is 2.14. The Labute approximate surface area is 131 Å². The number of nitrogens with zero attached hydrogens (tertiary/aromatic N) is 2. The Morgan fingerprint density at radius 1 is 0.818 bits per heavy atom. The Balaban J connectivity index is 1.91. The van der Waals surface area contributed by atoms with E-state index < -0.39 is 0 Å². The van der Waals surface area contributed by atoms with Crippen LogP contribution in [0.1, 0.15) is 25.0 Å². The topological polar surface area (TPSA) is 24.9 Å². The first-order valence-electron chi connectivity index (χ1n) is 8.08. The van der Waals surface area contributed by atoms with Gasteiger partial charge < -0.3 is 9.47 Å². The highest BCUT2D eigenvalue weighted by molar-refractivity contribution is 5.92. The Morgan fingerprint density at radius 3 is 1.77 bits per heavy atom. The van der Waals surface area contributed by atoms with Gasteiger partial charge in [0.2, 0.25) is 0 Å². The van der Waals surface area contributed by atoms with Crippen molar-refractivity contribution in [2.75, 3.05) is 26.6 Å². The first kappa shape index (κ1) is 13.9. The first-order valence-corrected chi connectivity index (χ1v) is 8.08. The molecule has 0 saturated carbocycles. The summed E-state index contributed by atoms with van der Waals surface area (Å²) in [4.78, 5) is 4.64. The van der Waals surface area contributed by atoms with Gasteiger partial charge in [-0.05, 0) is 36.0 Å². The van der Waals surface area contributed by atoms with Gasteiger partial charge in [-0.3, -0.25) is 9.80 Å². The number of hydrogen-bond donors (Lipinski definition) is 0. The van der Waals surface area contributed by atoms with Crippen molar-refractivity contribution >= 4 is 10.8 Å². The molecule has 0 spiro atoms. The van der Waals surface area contributed by atoms with Crippen molar-refractivity contribution < 1.29 is 9.47 Å². The van der Waals surface area contributed by atoms with Gasteiger partial charge >= 0.3 is 0 Å². The van der Waals surface area contributed by atoms with Crippen molar-refractivity contribution in [3.63, 3.8) is 0 Å².